The number of imidazole rings is 1. The van der Waals surface area contributed by atoms with E-state index < -0.39 is 0 Å². The molecule has 0 saturated carbocycles. The molecule has 3 rings (SSSR count). The lowest BCUT2D eigenvalue weighted by Crippen LogP contribution is -2.08. The summed E-state index contributed by atoms with van der Waals surface area (Å²) in [6.07, 6.45) is 5.77. The first-order chi connectivity index (χ1) is 8.24. The maximum absolute atomic E-state index is 5.95. The highest BCUT2D eigenvalue weighted by molar-refractivity contribution is 5.65. The molecule has 2 aromatic rings. The summed E-state index contributed by atoms with van der Waals surface area (Å²) in [5.74, 6) is 1.21. The summed E-state index contributed by atoms with van der Waals surface area (Å²) in [6.45, 7) is 3.13. The quantitative estimate of drug-likeness (QED) is 0.761. The lowest BCUT2D eigenvalue weighted by molar-refractivity contribution is 0.522. The molecule has 3 nitrogen and oxygen atoms in total. The maximum atomic E-state index is 5.95. The van der Waals surface area contributed by atoms with Gasteiger partial charge in [0.25, 0.3) is 0 Å². The third-order valence-corrected chi connectivity index (χ3v) is 3.48. The Bertz CT molecular complexity index is 531. The van der Waals surface area contributed by atoms with Crippen LogP contribution in [0, 0.1) is 6.92 Å². The Morgan fingerprint density at radius 2 is 2.18 bits per heavy atom. The standard InChI is InChI=1S/C14H17N3/c1-10-5-6-11(8-12(10)15)13-9-17-7-3-2-4-14(17)16-13/h5-6,8-9H,2-4,7,15H2,1H3. The van der Waals surface area contributed by atoms with Crippen LogP contribution < -0.4 is 5.73 Å². The first kappa shape index (κ1) is 10.4. The van der Waals surface area contributed by atoms with Crippen molar-refractivity contribution in [3.63, 3.8) is 0 Å². The SMILES string of the molecule is Cc1ccc(-c2cn3c(n2)CCCC3)cc1N. The van der Waals surface area contributed by atoms with E-state index in [9.17, 15) is 0 Å². The zero-order valence-corrected chi connectivity index (χ0v) is 10.1. The topological polar surface area (TPSA) is 43.8 Å². The summed E-state index contributed by atoms with van der Waals surface area (Å²) < 4.78 is 2.27. The number of aryl methyl sites for hydroxylation is 3. The summed E-state index contributed by atoms with van der Waals surface area (Å²) >= 11 is 0. The van der Waals surface area contributed by atoms with Crippen molar-refractivity contribution in [3.05, 3.63) is 35.8 Å². The van der Waals surface area contributed by atoms with Gasteiger partial charge >= 0.3 is 0 Å². The second-order valence-corrected chi connectivity index (χ2v) is 4.76. The van der Waals surface area contributed by atoms with Crippen LogP contribution in [0.25, 0.3) is 11.3 Å². The zero-order valence-electron chi connectivity index (χ0n) is 10.1. The largest absolute Gasteiger partial charge is 0.398 e. The first-order valence-corrected chi connectivity index (χ1v) is 6.16. The molecule has 0 atom stereocenters. The minimum Gasteiger partial charge on any atom is -0.398 e. The van der Waals surface area contributed by atoms with Gasteiger partial charge in [-0.2, -0.15) is 0 Å². The minimum atomic E-state index is 0.841. The highest BCUT2D eigenvalue weighted by atomic mass is 15.1. The summed E-state index contributed by atoms with van der Waals surface area (Å²) in [5.41, 5.74) is 10.1. The van der Waals surface area contributed by atoms with E-state index >= 15 is 0 Å². The van der Waals surface area contributed by atoms with E-state index in [1.165, 1.54) is 18.7 Å². The van der Waals surface area contributed by atoms with Crippen LogP contribution in [0.3, 0.4) is 0 Å². The Hall–Kier alpha value is -1.77. The molecule has 1 aromatic heterocycles. The number of fused-ring (bicyclic) bond motifs is 1. The fourth-order valence-electron chi connectivity index (χ4n) is 2.35. The highest BCUT2D eigenvalue weighted by Crippen LogP contribution is 2.25. The van der Waals surface area contributed by atoms with Gasteiger partial charge in [-0.15, -0.1) is 0 Å². The van der Waals surface area contributed by atoms with Gasteiger partial charge < -0.3 is 10.3 Å². The van der Waals surface area contributed by atoms with Crippen LogP contribution >= 0.6 is 0 Å². The predicted molar refractivity (Wildman–Crippen MR) is 69.8 cm³/mol. The number of hydrogen-bond donors (Lipinski definition) is 1. The molecule has 2 heterocycles. The monoisotopic (exact) mass is 227 g/mol. The van der Waals surface area contributed by atoms with Gasteiger partial charge in [-0.1, -0.05) is 12.1 Å². The minimum absolute atomic E-state index is 0.841. The number of nitrogens with zero attached hydrogens (tertiary/aromatic N) is 2. The number of hydrogen-bond acceptors (Lipinski definition) is 2. The first-order valence-electron chi connectivity index (χ1n) is 6.16. The van der Waals surface area contributed by atoms with Gasteiger partial charge in [0.1, 0.15) is 5.82 Å². The highest BCUT2D eigenvalue weighted by Gasteiger charge is 2.13. The molecule has 88 valence electrons. The fraction of sp³-hybridized carbons (Fsp3) is 0.357. The molecule has 1 aromatic carbocycles. The van der Waals surface area contributed by atoms with Gasteiger partial charge in [-0.05, 0) is 31.4 Å². The molecule has 3 heteroatoms. The molecule has 0 radical (unpaired) electrons. The normalized spacial score (nSPS) is 14.6. The Morgan fingerprint density at radius 3 is 2.94 bits per heavy atom. The fourth-order valence-corrected chi connectivity index (χ4v) is 2.35. The van der Waals surface area contributed by atoms with Crippen LogP contribution in [0.5, 0.6) is 0 Å². The Kier molecular flexibility index (Phi) is 2.39. The van der Waals surface area contributed by atoms with Gasteiger partial charge in [0.05, 0.1) is 5.69 Å². The number of aromatic nitrogens is 2. The maximum Gasteiger partial charge on any atom is 0.109 e. The van der Waals surface area contributed by atoms with Crippen molar-refractivity contribution in [2.24, 2.45) is 0 Å². The van der Waals surface area contributed by atoms with Gasteiger partial charge in [0.2, 0.25) is 0 Å². The molecule has 0 amide bonds. The van der Waals surface area contributed by atoms with E-state index in [4.69, 9.17) is 10.7 Å². The van der Waals surface area contributed by atoms with Gasteiger partial charge in [-0.3, -0.25) is 0 Å². The van der Waals surface area contributed by atoms with Crippen molar-refractivity contribution in [1.82, 2.24) is 9.55 Å². The smallest absolute Gasteiger partial charge is 0.109 e. The summed E-state index contributed by atoms with van der Waals surface area (Å²) in [5, 5.41) is 0. The van der Waals surface area contributed by atoms with Crippen LogP contribution in [0.4, 0.5) is 5.69 Å². The molecule has 2 N–H and O–H groups in total. The van der Waals surface area contributed by atoms with Crippen molar-refractivity contribution in [2.45, 2.75) is 32.7 Å². The van der Waals surface area contributed by atoms with Gasteiger partial charge in [0, 0.05) is 30.4 Å². The molecule has 1 aliphatic heterocycles. The lowest BCUT2D eigenvalue weighted by Gasteiger charge is -2.11. The lowest BCUT2D eigenvalue weighted by atomic mass is 10.1. The number of benzene rings is 1. The molecular weight excluding hydrogens is 210 g/mol. The molecule has 0 fully saturated rings. The summed E-state index contributed by atoms with van der Waals surface area (Å²) in [7, 11) is 0. The summed E-state index contributed by atoms with van der Waals surface area (Å²) in [4.78, 5) is 4.70. The molecule has 0 unspecified atom stereocenters. The van der Waals surface area contributed by atoms with Gasteiger partial charge in [0.15, 0.2) is 0 Å². The van der Waals surface area contributed by atoms with Crippen molar-refractivity contribution < 1.29 is 0 Å². The average Bonchev–Trinajstić information content (AvgIpc) is 2.76. The zero-order chi connectivity index (χ0) is 11.8. The Labute approximate surface area is 101 Å². The van der Waals surface area contributed by atoms with E-state index in [0.29, 0.717) is 0 Å². The number of nitrogens with two attached hydrogens (primary N) is 1. The van der Waals surface area contributed by atoms with E-state index in [-0.39, 0.29) is 0 Å². The molecule has 0 saturated heterocycles. The molecular formula is C14H17N3. The Morgan fingerprint density at radius 1 is 1.29 bits per heavy atom. The van der Waals surface area contributed by atoms with Crippen LogP contribution in [0.1, 0.15) is 24.2 Å². The number of anilines is 1. The number of nitrogen functional groups attached to an aromatic ring is 1. The van der Waals surface area contributed by atoms with Gasteiger partial charge in [-0.25, -0.2) is 4.98 Å². The third kappa shape index (κ3) is 1.82. The molecule has 0 bridgehead atoms. The van der Waals surface area contributed by atoms with E-state index in [1.54, 1.807) is 0 Å². The third-order valence-electron chi connectivity index (χ3n) is 3.48. The number of rotatable bonds is 1. The Balaban J connectivity index is 2.03. The second-order valence-electron chi connectivity index (χ2n) is 4.76. The second kappa shape index (κ2) is 3.91. The molecule has 0 spiro atoms. The van der Waals surface area contributed by atoms with Crippen molar-refractivity contribution in [3.8, 4) is 11.3 Å². The van der Waals surface area contributed by atoms with Crippen LogP contribution in [0.2, 0.25) is 0 Å². The molecule has 1 aliphatic rings. The van der Waals surface area contributed by atoms with Crippen molar-refractivity contribution in [2.75, 3.05) is 5.73 Å². The van der Waals surface area contributed by atoms with E-state index in [1.807, 2.05) is 13.0 Å². The van der Waals surface area contributed by atoms with E-state index in [2.05, 4.69) is 22.9 Å². The van der Waals surface area contributed by atoms with E-state index in [0.717, 1.165) is 35.5 Å². The molecule has 0 aliphatic carbocycles. The predicted octanol–water partition coefficient (Wildman–Crippen LogP) is 2.78. The van der Waals surface area contributed by atoms with Crippen LogP contribution in [-0.2, 0) is 13.0 Å². The van der Waals surface area contributed by atoms with Crippen LogP contribution in [-0.4, -0.2) is 9.55 Å². The van der Waals surface area contributed by atoms with Crippen molar-refractivity contribution in [1.29, 1.82) is 0 Å². The molecule has 17 heavy (non-hydrogen) atoms. The van der Waals surface area contributed by atoms with Crippen molar-refractivity contribution >= 4 is 5.69 Å². The van der Waals surface area contributed by atoms with Crippen LogP contribution in [0.15, 0.2) is 24.4 Å². The summed E-state index contributed by atoms with van der Waals surface area (Å²) in [6, 6.07) is 6.17. The average molecular weight is 227 g/mol.